The number of thioether (sulfide) groups is 1. The van der Waals surface area contributed by atoms with Crippen LogP contribution in [-0.2, 0) is 12.8 Å². The van der Waals surface area contributed by atoms with Crippen molar-refractivity contribution in [3.63, 3.8) is 0 Å². The van der Waals surface area contributed by atoms with Crippen molar-refractivity contribution in [1.29, 1.82) is 0 Å². The maximum atomic E-state index is 5.95. The number of aromatic nitrogens is 4. The van der Waals surface area contributed by atoms with Crippen LogP contribution in [0.1, 0.15) is 11.3 Å². The van der Waals surface area contributed by atoms with Crippen molar-refractivity contribution < 1.29 is 0 Å². The molecule has 0 bridgehead atoms. The van der Waals surface area contributed by atoms with Gasteiger partial charge in [-0.3, -0.25) is 0 Å². The fourth-order valence-corrected chi connectivity index (χ4v) is 3.19. The van der Waals surface area contributed by atoms with E-state index < -0.39 is 0 Å². The van der Waals surface area contributed by atoms with E-state index in [9.17, 15) is 0 Å². The van der Waals surface area contributed by atoms with Crippen molar-refractivity contribution in [3.8, 4) is 22.6 Å². The Bertz CT molecular complexity index is 880. The lowest BCUT2D eigenvalue weighted by molar-refractivity contribution is 0.821. The summed E-state index contributed by atoms with van der Waals surface area (Å²) in [6.45, 7) is 0. The molecule has 1 aromatic carbocycles. The fraction of sp³-hybridized carbons (Fsp3) is 0.176. The zero-order valence-corrected chi connectivity index (χ0v) is 14.0. The number of fused-ring (bicyclic) bond motifs is 3. The third-order valence-electron chi connectivity index (χ3n) is 3.88. The second-order valence-corrected chi connectivity index (χ2v) is 6.50. The van der Waals surface area contributed by atoms with Crippen LogP contribution >= 0.6 is 23.4 Å². The Morgan fingerprint density at radius 3 is 2.61 bits per heavy atom. The molecule has 3 aromatic rings. The Hall–Kier alpha value is -1.98. The number of hydrogen-bond donors (Lipinski definition) is 0. The third-order valence-corrected chi connectivity index (χ3v) is 4.70. The Morgan fingerprint density at radius 2 is 1.83 bits per heavy atom. The predicted molar refractivity (Wildman–Crippen MR) is 92.7 cm³/mol. The van der Waals surface area contributed by atoms with Crippen LogP contribution in [0, 0.1) is 0 Å². The summed E-state index contributed by atoms with van der Waals surface area (Å²) in [7, 11) is 0. The van der Waals surface area contributed by atoms with Gasteiger partial charge in [-0.1, -0.05) is 23.4 Å². The lowest BCUT2D eigenvalue weighted by atomic mass is 9.94. The number of nitrogens with zero attached hydrogens (tertiary/aromatic N) is 4. The molecular weight excluding hydrogens is 328 g/mol. The first-order valence-corrected chi connectivity index (χ1v) is 8.87. The largest absolute Gasteiger partial charge is 0.236 e. The zero-order chi connectivity index (χ0) is 15.8. The molecule has 2 heterocycles. The van der Waals surface area contributed by atoms with Gasteiger partial charge in [-0.05, 0) is 48.9 Å². The smallest absolute Gasteiger partial charge is 0.187 e. The summed E-state index contributed by atoms with van der Waals surface area (Å²) >= 11 is 7.51. The van der Waals surface area contributed by atoms with E-state index in [0.29, 0.717) is 10.8 Å². The van der Waals surface area contributed by atoms with Crippen molar-refractivity contribution in [2.75, 3.05) is 6.26 Å². The summed E-state index contributed by atoms with van der Waals surface area (Å²) in [5.74, 6) is 0.696. The molecule has 1 aliphatic carbocycles. The van der Waals surface area contributed by atoms with E-state index in [1.54, 1.807) is 11.8 Å². The summed E-state index contributed by atoms with van der Waals surface area (Å²) in [4.78, 5) is 18.3. The van der Waals surface area contributed by atoms with Gasteiger partial charge in [0.1, 0.15) is 0 Å². The minimum absolute atomic E-state index is 0.696. The lowest BCUT2D eigenvalue weighted by Crippen LogP contribution is -2.10. The van der Waals surface area contributed by atoms with Crippen LogP contribution in [-0.4, -0.2) is 26.2 Å². The molecule has 0 fully saturated rings. The molecule has 0 spiro atoms. The maximum absolute atomic E-state index is 5.95. The summed E-state index contributed by atoms with van der Waals surface area (Å²) in [5, 5.41) is 1.51. The highest BCUT2D eigenvalue weighted by molar-refractivity contribution is 7.98. The van der Waals surface area contributed by atoms with Crippen molar-refractivity contribution in [2.24, 2.45) is 0 Å². The van der Waals surface area contributed by atoms with Crippen molar-refractivity contribution >= 4 is 23.4 Å². The van der Waals surface area contributed by atoms with E-state index >= 15 is 0 Å². The Labute approximate surface area is 143 Å². The van der Waals surface area contributed by atoms with E-state index in [2.05, 4.69) is 15.0 Å². The normalized spacial score (nSPS) is 12.6. The van der Waals surface area contributed by atoms with Gasteiger partial charge >= 0.3 is 0 Å². The molecule has 0 saturated carbocycles. The second kappa shape index (κ2) is 5.91. The molecule has 114 valence electrons. The van der Waals surface area contributed by atoms with Crippen LogP contribution < -0.4 is 0 Å². The standard InChI is InChI=1S/C17H13ClN4S/c1-23-17-20-9-13-14(21-17)7-4-11-8-19-16(22-15(11)13)10-2-5-12(18)6-3-10/h2-3,5-6,8-9H,4,7H2,1H3. The average Bonchev–Trinajstić information content (AvgIpc) is 2.61. The topological polar surface area (TPSA) is 51.6 Å². The van der Waals surface area contributed by atoms with E-state index in [-0.39, 0.29) is 0 Å². The lowest BCUT2D eigenvalue weighted by Gasteiger charge is -2.18. The molecule has 0 N–H and O–H groups in total. The van der Waals surface area contributed by atoms with Gasteiger partial charge in [0.05, 0.1) is 11.4 Å². The van der Waals surface area contributed by atoms with Gasteiger partial charge in [0, 0.05) is 28.5 Å². The van der Waals surface area contributed by atoms with Gasteiger partial charge in [-0.25, -0.2) is 19.9 Å². The van der Waals surface area contributed by atoms with Crippen LogP contribution in [0.15, 0.2) is 41.8 Å². The second-order valence-electron chi connectivity index (χ2n) is 5.29. The van der Waals surface area contributed by atoms with Crippen LogP contribution in [0.3, 0.4) is 0 Å². The van der Waals surface area contributed by atoms with E-state index in [1.165, 1.54) is 0 Å². The molecule has 0 saturated heterocycles. The molecule has 23 heavy (non-hydrogen) atoms. The summed E-state index contributed by atoms with van der Waals surface area (Å²) in [6.07, 6.45) is 7.60. The van der Waals surface area contributed by atoms with Gasteiger partial charge in [0.25, 0.3) is 0 Å². The van der Waals surface area contributed by atoms with Crippen molar-refractivity contribution in [2.45, 2.75) is 18.0 Å². The first-order valence-electron chi connectivity index (χ1n) is 7.27. The summed E-state index contributed by atoms with van der Waals surface area (Å²) in [6, 6.07) is 7.56. The van der Waals surface area contributed by atoms with Gasteiger partial charge in [-0.2, -0.15) is 0 Å². The highest BCUT2D eigenvalue weighted by Gasteiger charge is 2.21. The molecule has 1 aliphatic rings. The minimum Gasteiger partial charge on any atom is -0.236 e. The fourth-order valence-electron chi connectivity index (χ4n) is 2.70. The zero-order valence-electron chi connectivity index (χ0n) is 12.5. The van der Waals surface area contributed by atoms with Crippen LogP contribution in [0.2, 0.25) is 5.02 Å². The molecule has 0 amide bonds. The van der Waals surface area contributed by atoms with Crippen LogP contribution in [0.5, 0.6) is 0 Å². The highest BCUT2D eigenvalue weighted by Crippen LogP contribution is 2.32. The van der Waals surface area contributed by atoms with Crippen molar-refractivity contribution in [3.05, 3.63) is 52.9 Å². The first-order chi connectivity index (χ1) is 11.2. The molecule has 4 nitrogen and oxygen atoms in total. The van der Waals surface area contributed by atoms with E-state index in [4.69, 9.17) is 16.6 Å². The van der Waals surface area contributed by atoms with E-state index in [1.807, 2.05) is 42.9 Å². The molecule has 4 rings (SSSR count). The molecule has 0 atom stereocenters. The van der Waals surface area contributed by atoms with Crippen LogP contribution in [0.4, 0.5) is 0 Å². The number of aryl methyl sites for hydroxylation is 2. The predicted octanol–water partition coefficient (Wildman–Crippen LogP) is 4.07. The molecule has 6 heteroatoms. The quantitative estimate of drug-likeness (QED) is 0.520. The van der Waals surface area contributed by atoms with Gasteiger partial charge in [-0.15, -0.1) is 0 Å². The molecule has 0 aliphatic heterocycles. The minimum atomic E-state index is 0.696. The maximum Gasteiger partial charge on any atom is 0.187 e. The van der Waals surface area contributed by atoms with Gasteiger partial charge < -0.3 is 0 Å². The summed E-state index contributed by atoms with van der Waals surface area (Å²) in [5.41, 5.74) is 5.12. The molecule has 2 aromatic heterocycles. The van der Waals surface area contributed by atoms with Crippen molar-refractivity contribution in [1.82, 2.24) is 19.9 Å². The monoisotopic (exact) mass is 340 g/mol. The van der Waals surface area contributed by atoms with Gasteiger partial charge in [0.2, 0.25) is 0 Å². The number of hydrogen-bond acceptors (Lipinski definition) is 5. The average molecular weight is 341 g/mol. The first kappa shape index (κ1) is 14.6. The third kappa shape index (κ3) is 2.71. The molecule has 0 radical (unpaired) electrons. The number of halogens is 1. The van der Waals surface area contributed by atoms with Crippen LogP contribution in [0.25, 0.3) is 22.6 Å². The van der Waals surface area contributed by atoms with Gasteiger partial charge in [0.15, 0.2) is 11.0 Å². The Kier molecular flexibility index (Phi) is 3.75. The highest BCUT2D eigenvalue weighted by atomic mass is 35.5. The SMILES string of the molecule is CSc1ncc2c(n1)CCc1cnc(-c3ccc(Cl)cc3)nc1-2. The molecule has 0 unspecified atom stereocenters. The summed E-state index contributed by atoms with van der Waals surface area (Å²) < 4.78 is 0. The number of benzene rings is 1. The number of rotatable bonds is 2. The Balaban J connectivity index is 1.82. The Morgan fingerprint density at radius 1 is 1.00 bits per heavy atom. The molecular formula is C17H13ClN4S. The van der Waals surface area contributed by atoms with E-state index in [0.717, 1.165) is 46.1 Å².